The van der Waals surface area contributed by atoms with E-state index in [-0.39, 0.29) is 0 Å². The maximum atomic E-state index is 6.13. The summed E-state index contributed by atoms with van der Waals surface area (Å²) in [5, 5.41) is 3.30. The molecule has 0 saturated carbocycles. The first-order valence-electron chi connectivity index (χ1n) is 4.53. The molecule has 3 heteroatoms. The molecule has 1 aliphatic heterocycles. The highest BCUT2D eigenvalue weighted by Crippen LogP contribution is 2.23. The third kappa shape index (κ3) is 2.19. The van der Waals surface area contributed by atoms with Gasteiger partial charge in [-0.1, -0.05) is 29.8 Å². The minimum Gasteiger partial charge on any atom is -0.339 e. The average Bonchev–Trinajstić information content (AvgIpc) is 2.20. The van der Waals surface area contributed by atoms with E-state index in [2.05, 4.69) is 17.4 Å². The molecule has 13 heavy (non-hydrogen) atoms. The first-order valence-corrected chi connectivity index (χ1v) is 6.06. The predicted octanol–water partition coefficient (Wildman–Crippen LogP) is 1.69. The first-order chi connectivity index (χ1) is 6.38. The van der Waals surface area contributed by atoms with Gasteiger partial charge in [-0.2, -0.15) is 0 Å². The van der Waals surface area contributed by atoms with E-state index in [9.17, 15) is 0 Å². The average molecular weight is 215 g/mol. The zero-order chi connectivity index (χ0) is 9.10. The number of hydrogen-bond acceptors (Lipinski definition) is 1. The molecule has 0 aliphatic carbocycles. The summed E-state index contributed by atoms with van der Waals surface area (Å²) in [6.07, 6.45) is 0. The van der Waals surface area contributed by atoms with Gasteiger partial charge in [0.1, 0.15) is 6.04 Å². The van der Waals surface area contributed by atoms with Crippen LogP contribution in [0.3, 0.4) is 0 Å². The van der Waals surface area contributed by atoms with Crippen LogP contribution in [0.15, 0.2) is 24.3 Å². The summed E-state index contributed by atoms with van der Waals surface area (Å²) in [4.78, 5) is 0. The van der Waals surface area contributed by atoms with Crippen LogP contribution in [0, 0.1) is 0 Å². The van der Waals surface area contributed by atoms with Crippen molar-refractivity contribution in [1.29, 1.82) is 0 Å². The summed E-state index contributed by atoms with van der Waals surface area (Å²) in [5.74, 6) is 2.45. The van der Waals surface area contributed by atoms with E-state index in [0.717, 1.165) is 5.02 Å². The van der Waals surface area contributed by atoms with E-state index in [1.54, 1.807) is 0 Å². The lowest BCUT2D eigenvalue weighted by Crippen LogP contribution is -2.88. The van der Waals surface area contributed by atoms with E-state index in [1.165, 1.54) is 23.6 Å². The van der Waals surface area contributed by atoms with Gasteiger partial charge in [0.05, 0.1) is 12.3 Å². The third-order valence-corrected chi connectivity index (χ3v) is 3.78. The molecule has 1 aliphatic rings. The molecule has 70 valence electrons. The second kappa shape index (κ2) is 4.36. The Morgan fingerprint density at radius 2 is 2.23 bits per heavy atom. The highest BCUT2D eigenvalue weighted by molar-refractivity contribution is 7.99. The summed E-state index contributed by atoms with van der Waals surface area (Å²) in [6, 6.07) is 8.72. The normalized spacial score (nSPS) is 23.0. The molecule has 1 saturated heterocycles. The van der Waals surface area contributed by atoms with Crippen LogP contribution in [0.4, 0.5) is 0 Å². The molecule has 0 bridgehead atoms. The maximum absolute atomic E-state index is 6.13. The molecule has 1 nitrogen and oxygen atoms in total. The van der Waals surface area contributed by atoms with Crippen LogP contribution in [-0.2, 0) is 0 Å². The maximum Gasteiger partial charge on any atom is 0.122 e. The number of nitrogens with two attached hydrogens (primary N) is 1. The van der Waals surface area contributed by atoms with Gasteiger partial charge in [0.15, 0.2) is 0 Å². The Bertz CT molecular complexity index is 284. The fourth-order valence-corrected chi connectivity index (χ4v) is 2.94. The Morgan fingerprint density at radius 1 is 1.38 bits per heavy atom. The smallest absolute Gasteiger partial charge is 0.122 e. The summed E-state index contributed by atoms with van der Waals surface area (Å²) in [7, 11) is 0. The topological polar surface area (TPSA) is 16.6 Å². The predicted molar refractivity (Wildman–Crippen MR) is 58.3 cm³/mol. The molecular weight excluding hydrogens is 202 g/mol. The molecular formula is C10H13ClNS+. The lowest BCUT2D eigenvalue weighted by molar-refractivity contribution is -0.689. The Labute approximate surface area is 87.9 Å². The summed E-state index contributed by atoms with van der Waals surface area (Å²) < 4.78 is 0. The molecule has 0 unspecified atom stereocenters. The van der Waals surface area contributed by atoms with Crippen molar-refractivity contribution in [3.63, 3.8) is 0 Å². The molecule has 0 spiro atoms. The van der Waals surface area contributed by atoms with Gasteiger partial charge in [-0.3, -0.25) is 0 Å². The van der Waals surface area contributed by atoms with Crippen molar-refractivity contribution in [2.45, 2.75) is 6.04 Å². The molecule has 1 aromatic carbocycles. The number of rotatable bonds is 1. The molecule has 2 N–H and O–H groups in total. The van der Waals surface area contributed by atoms with Crippen molar-refractivity contribution in [3.8, 4) is 0 Å². The Morgan fingerprint density at radius 3 is 2.92 bits per heavy atom. The van der Waals surface area contributed by atoms with Gasteiger partial charge in [-0.25, -0.2) is 0 Å². The van der Waals surface area contributed by atoms with Crippen LogP contribution in [0.25, 0.3) is 0 Å². The van der Waals surface area contributed by atoms with Gasteiger partial charge in [0.2, 0.25) is 0 Å². The van der Waals surface area contributed by atoms with Gasteiger partial charge in [0, 0.05) is 16.3 Å². The van der Waals surface area contributed by atoms with Crippen LogP contribution < -0.4 is 5.32 Å². The van der Waals surface area contributed by atoms with Gasteiger partial charge in [-0.05, 0) is 6.07 Å². The number of halogens is 1. The second-order valence-corrected chi connectivity index (χ2v) is 4.78. The molecule has 1 fully saturated rings. The number of hydrogen-bond donors (Lipinski definition) is 1. The van der Waals surface area contributed by atoms with E-state index in [0.29, 0.717) is 6.04 Å². The SMILES string of the molecule is Clc1ccccc1[C@@H]1CSCC[NH2+]1. The van der Waals surface area contributed by atoms with Crippen LogP contribution >= 0.6 is 23.4 Å². The van der Waals surface area contributed by atoms with Gasteiger partial charge in [0.25, 0.3) is 0 Å². The standard InChI is InChI=1S/C10H12ClNS/c11-9-4-2-1-3-8(9)10-7-13-6-5-12-10/h1-4,10,12H,5-7H2/p+1/t10-/m0/s1. The van der Waals surface area contributed by atoms with Crippen LogP contribution in [-0.4, -0.2) is 18.1 Å². The van der Waals surface area contributed by atoms with Crippen molar-refractivity contribution in [2.24, 2.45) is 0 Å². The monoisotopic (exact) mass is 214 g/mol. The Hall–Kier alpha value is -0.180. The minimum absolute atomic E-state index is 0.562. The second-order valence-electron chi connectivity index (χ2n) is 3.23. The molecule has 0 aromatic heterocycles. The van der Waals surface area contributed by atoms with E-state index < -0.39 is 0 Å². The molecule has 1 aromatic rings. The highest BCUT2D eigenvalue weighted by Gasteiger charge is 2.20. The number of benzene rings is 1. The molecule has 0 radical (unpaired) electrons. The van der Waals surface area contributed by atoms with Crippen molar-refractivity contribution in [3.05, 3.63) is 34.9 Å². The summed E-state index contributed by atoms with van der Waals surface area (Å²) >= 11 is 8.14. The third-order valence-electron chi connectivity index (χ3n) is 2.32. The first kappa shape index (κ1) is 9.38. The highest BCUT2D eigenvalue weighted by atomic mass is 35.5. The zero-order valence-corrected chi connectivity index (χ0v) is 8.94. The molecule has 1 heterocycles. The van der Waals surface area contributed by atoms with E-state index >= 15 is 0 Å². The minimum atomic E-state index is 0.562. The quantitative estimate of drug-likeness (QED) is 0.753. The molecule has 2 rings (SSSR count). The van der Waals surface area contributed by atoms with Crippen LogP contribution in [0.2, 0.25) is 5.02 Å². The lowest BCUT2D eigenvalue weighted by Gasteiger charge is -2.20. The summed E-state index contributed by atoms with van der Waals surface area (Å²) in [5.41, 5.74) is 1.29. The van der Waals surface area contributed by atoms with Crippen molar-refractivity contribution < 1.29 is 5.32 Å². The largest absolute Gasteiger partial charge is 0.339 e. The Kier molecular flexibility index (Phi) is 3.14. The summed E-state index contributed by atoms with van der Waals surface area (Å²) in [6.45, 7) is 1.21. The Balaban J connectivity index is 2.18. The van der Waals surface area contributed by atoms with Gasteiger partial charge in [-0.15, -0.1) is 11.8 Å². The molecule has 0 amide bonds. The van der Waals surface area contributed by atoms with E-state index in [4.69, 9.17) is 11.6 Å². The van der Waals surface area contributed by atoms with Crippen molar-refractivity contribution in [2.75, 3.05) is 18.1 Å². The van der Waals surface area contributed by atoms with Crippen molar-refractivity contribution in [1.82, 2.24) is 0 Å². The van der Waals surface area contributed by atoms with Gasteiger partial charge >= 0.3 is 0 Å². The van der Waals surface area contributed by atoms with Crippen LogP contribution in [0.1, 0.15) is 11.6 Å². The van der Waals surface area contributed by atoms with Crippen LogP contribution in [0.5, 0.6) is 0 Å². The van der Waals surface area contributed by atoms with Gasteiger partial charge < -0.3 is 5.32 Å². The lowest BCUT2D eigenvalue weighted by atomic mass is 10.1. The number of thioether (sulfide) groups is 1. The van der Waals surface area contributed by atoms with E-state index in [1.807, 2.05) is 23.9 Å². The zero-order valence-electron chi connectivity index (χ0n) is 7.37. The number of quaternary nitrogens is 1. The fraction of sp³-hybridized carbons (Fsp3) is 0.400. The fourth-order valence-electron chi connectivity index (χ4n) is 1.62. The van der Waals surface area contributed by atoms with Crippen molar-refractivity contribution >= 4 is 23.4 Å². The molecule has 1 atom stereocenters.